The number of para-hydroxylation sites is 1. The molecule has 1 aliphatic heterocycles. The summed E-state index contributed by atoms with van der Waals surface area (Å²) in [5.41, 5.74) is 0.530. The number of anilines is 1. The van der Waals surface area contributed by atoms with E-state index in [1.165, 1.54) is 12.1 Å². The van der Waals surface area contributed by atoms with Crippen LogP contribution in [0, 0.1) is 0 Å². The van der Waals surface area contributed by atoms with Crippen LogP contribution >= 0.6 is 0 Å². The SMILES string of the molecule is O=C(NCCC(=O)N1CCCc2ccccc21)c1ccccc1C(F)(F)F. The number of rotatable bonds is 4. The van der Waals surface area contributed by atoms with E-state index >= 15 is 0 Å². The van der Waals surface area contributed by atoms with Crippen molar-refractivity contribution in [2.75, 3.05) is 18.0 Å². The van der Waals surface area contributed by atoms with Gasteiger partial charge in [0.1, 0.15) is 0 Å². The van der Waals surface area contributed by atoms with Crippen LogP contribution in [0.3, 0.4) is 0 Å². The van der Waals surface area contributed by atoms with Gasteiger partial charge in [-0.2, -0.15) is 13.2 Å². The molecule has 0 bridgehead atoms. The molecule has 7 heteroatoms. The Labute approximate surface area is 155 Å². The lowest BCUT2D eigenvalue weighted by atomic mass is 10.0. The fraction of sp³-hybridized carbons (Fsp3) is 0.300. The highest BCUT2D eigenvalue weighted by Crippen LogP contribution is 2.31. The summed E-state index contributed by atoms with van der Waals surface area (Å²) in [6.07, 6.45) is -2.82. The van der Waals surface area contributed by atoms with Crippen LogP contribution in [0.4, 0.5) is 18.9 Å². The number of alkyl halides is 3. The van der Waals surface area contributed by atoms with Gasteiger partial charge in [0.15, 0.2) is 0 Å². The summed E-state index contributed by atoms with van der Waals surface area (Å²) in [6.45, 7) is 0.573. The second-order valence-electron chi connectivity index (χ2n) is 6.33. The summed E-state index contributed by atoms with van der Waals surface area (Å²) in [6, 6.07) is 12.2. The smallest absolute Gasteiger partial charge is 0.352 e. The van der Waals surface area contributed by atoms with Crippen molar-refractivity contribution >= 4 is 17.5 Å². The first-order valence-corrected chi connectivity index (χ1v) is 8.70. The van der Waals surface area contributed by atoms with E-state index in [0.717, 1.165) is 36.2 Å². The molecular formula is C20H19F3N2O2. The van der Waals surface area contributed by atoms with Gasteiger partial charge in [-0.05, 0) is 36.6 Å². The average molecular weight is 376 g/mol. The highest BCUT2D eigenvalue weighted by molar-refractivity contribution is 5.97. The van der Waals surface area contributed by atoms with Crippen molar-refractivity contribution in [3.63, 3.8) is 0 Å². The number of hydrogen-bond donors (Lipinski definition) is 1. The van der Waals surface area contributed by atoms with E-state index < -0.39 is 23.2 Å². The van der Waals surface area contributed by atoms with Crippen molar-refractivity contribution in [3.8, 4) is 0 Å². The molecule has 0 atom stereocenters. The monoisotopic (exact) mass is 376 g/mol. The number of amides is 2. The van der Waals surface area contributed by atoms with E-state index in [1.807, 2.05) is 24.3 Å². The van der Waals surface area contributed by atoms with E-state index in [9.17, 15) is 22.8 Å². The second-order valence-corrected chi connectivity index (χ2v) is 6.33. The molecule has 3 rings (SSSR count). The van der Waals surface area contributed by atoms with Crippen molar-refractivity contribution in [2.45, 2.75) is 25.4 Å². The molecule has 0 saturated heterocycles. The predicted molar refractivity (Wildman–Crippen MR) is 95.5 cm³/mol. The largest absolute Gasteiger partial charge is 0.417 e. The minimum atomic E-state index is -4.61. The van der Waals surface area contributed by atoms with E-state index in [2.05, 4.69) is 5.32 Å². The first-order chi connectivity index (χ1) is 12.9. The number of aryl methyl sites for hydroxylation is 1. The van der Waals surface area contributed by atoms with Crippen molar-refractivity contribution in [2.24, 2.45) is 0 Å². The van der Waals surface area contributed by atoms with Gasteiger partial charge in [0.05, 0.1) is 11.1 Å². The molecule has 0 radical (unpaired) electrons. The summed E-state index contributed by atoms with van der Waals surface area (Å²) in [4.78, 5) is 26.3. The molecule has 0 aliphatic carbocycles. The van der Waals surface area contributed by atoms with Crippen LogP contribution < -0.4 is 10.2 Å². The zero-order valence-electron chi connectivity index (χ0n) is 14.6. The van der Waals surface area contributed by atoms with Gasteiger partial charge < -0.3 is 10.2 Å². The molecule has 0 spiro atoms. The molecule has 0 fully saturated rings. The average Bonchev–Trinajstić information content (AvgIpc) is 2.66. The van der Waals surface area contributed by atoms with Gasteiger partial charge in [-0.1, -0.05) is 30.3 Å². The normalized spacial score (nSPS) is 13.8. The van der Waals surface area contributed by atoms with Gasteiger partial charge in [-0.25, -0.2) is 0 Å². The molecule has 4 nitrogen and oxygen atoms in total. The molecule has 0 saturated carbocycles. The third-order valence-electron chi connectivity index (χ3n) is 4.51. The Bertz CT molecular complexity index is 849. The molecule has 1 aliphatic rings. The Morgan fingerprint density at radius 1 is 1.04 bits per heavy atom. The standard InChI is InChI=1S/C20H19F3N2O2/c21-20(22,23)16-9-3-2-8-15(16)19(27)24-12-11-18(26)25-13-5-7-14-6-1-4-10-17(14)25/h1-4,6,8-10H,5,7,11-13H2,(H,24,27). The van der Waals surface area contributed by atoms with Crippen LogP contribution in [0.5, 0.6) is 0 Å². The molecular weight excluding hydrogens is 357 g/mol. The van der Waals surface area contributed by atoms with Crippen molar-refractivity contribution in [1.82, 2.24) is 5.32 Å². The zero-order chi connectivity index (χ0) is 19.4. The lowest BCUT2D eigenvalue weighted by Crippen LogP contribution is -2.38. The van der Waals surface area contributed by atoms with E-state index in [0.29, 0.717) is 6.54 Å². The van der Waals surface area contributed by atoms with E-state index in [4.69, 9.17) is 0 Å². The predicted octanol–water partition coefficient (Wildman–Crippen LogP) is 3.80. The maximum atomic E-state index is 13.0. The fourth-order valence-corrected chi connectivity index (χ4v) is 3.23. The van der Waals surface area contributed by atoms with E-state index in [1.54, 1.807) is 4.90 Å². The highest BCUT2D eigenvalue weighted by Gasteiger charge is 2.34. The number of halogens is 3. The Morgan fingerprint density at radius 3 is 2.52 bits per heavy atom. The van der Waals surface area contributed by atoms with Crippen LogP contribution in [0.25, 0.3) is 0 Å². The number of carbonyl (C=O) groups excluding carboxylic acids is 2. The number of nitrogens with one attached hydrogen (secondary N) is 1. The first kappa shape index (κ1) is 18.9. The minimum Gasteiger partial charge on any atom is -0.352 e. The molecule has 2 aromatic rings. The van der Waals surface area contributed by atoms with Crippen LogP contribution in [-0.4, -0.2) is 24.9 Å². The molecule has 2 aromatic carbocycles. The van der Waals surface area contributed by atoms with Gasteiger partial charge in [0.2, 0.25) is 5.91 Å². The Balaban J connectivity index is 1.61. The number of fused-ring (bicyclic) bond motifs is 1. The Hall–Kier alpha value is -2.83. The first-order valence-electron chi connectivity index (χ1n) is 8.70. The molecule has 142 valence electrons. The minimum absolute atomic E-state index is 0.0221. The molecule has 0 aromatic heterocycles. The van der Waals surface area contributed by atoms with Crippen LogP contribution in [-0.2, 0) is 17.4 Å². The maximum Gasteiger partial charge on any atom is 0.417 e. The quantitative estimate of drug-likeness (QED) is 0.882. The third kappa shape index (κ3) is 4.30. The highest BCUT2D eigenvalue weighted by atomic mass is 19.4. The van der Waals surface area contributed by atoms with Crippen molar-refractivity contribution in [3.05, 3.63) is 65.2 Å². The van der Waals surface area contributed by atoms with Crippen molar-refractivity contribution in [1.29, 1.82) is 0 Å². The number of nitrogens with zero attached hydrogens (tertiary/aromatic N) is 1. The van der Waals surface area contributed by atoms with Gasteiger partial charge in [0, 0.05) is 25.2 Å². The zero-order valence-corrected chi connectivity index (χ0v) is 14.6. The number of benzene rings is 2. The van der Waals surface area contributed by atoms with Gasteiger partial charge in [0.25, 0.3) is 5.91 Å². The molecule has 1 N–H and O–H groups in total. The number of hydrogen-bond acceptors (Lipinski definition) is 2. The Kier molecular flexibility index (Phi) is 5.48. The van der Waals surface area contributed by atoms with Crippen LogP contribution in [0.15, 0.2) is 48.5 Å². The van der Waals surface area contributed by atoms with Gasteiger partial charge in [-0.15, -0.1) is 0 Å². The van der Waals surface area contributed by atoms with Crippen LogP contribution in [0.1, 0.15) is 34.3 Å². The molecule has 1 heterocycles. The summed E-state index contributed by atoms with van der Waals surface area (Å²) in [5.74, 6) is -0.999. The van der Waals surface area contributed by atoms with Crippen molar-refractivity contribution < 1.29 is 22.8 Å². The van der Waals surface area contributed by atoms with Gasteiger partial charge >= 0.3 is 6.18 Å². The third-order valence-corrected chi connectivity index (χ3v) is 4.51. The topological polar surface area (TPSA) is 49.4 Å². The molecule has 2 amide bonds. The Morgan fingerprint density at radius 2 is 1.74 bits per heavy atom. The van der Waals surface area contributed by atoms with Crippen LogP contribution in [0.2, 0.25) is 0 Å². The summed E-state index contributed by atoms with van der Waals surface area (Å²) >= 11 is 0. The van der Waals surface area contributed by atoms with E-state index in [-0.39, 0.29) is 18.9 Å². The summed E-state index contributed by atoms with van der Waals surface area (Å²) in [7, 11) is 0. The second kappa shape index (κ2) is 7.82. The molecule has 27 heavy (non-hydrogen) atoms. The molecule has 0 unspecified atom stereocenters. The van der Waals surface area contributed by atoms with Gasteiger partial charge in [-0.3, -0.25) is 9.59 Å². The fourth-order valence-electron chi connectivity index (χ4n) is 3.23. The lowest BCUT2D eigenvalue weighted by Gasteiger charge is -2.29. The summed E-state index contributed by atoms with van der Waals surface area (Å²) in [5, 5.41) is 2.42. The maximum absolute atomic E-state index is 13.0. The lowest BCUT2D eigenvalue weighted by molar-refractivity contribution is -0.138. The number of carbonyl (C=O) groups is 2. The summed E-state index contributed by atoms with van der Waals surface area (Å²) < 4.78 is 39.0.